The molecular formula is C13H24BNO2. The van der Waals surface area contributed by atoms with E-state index in [0.717, 1.165) is 32.9 Å². The molecule has 0 saturated carbocycles. The van der Waals surface area contributed by atoms with E-state index in [1.807, 2.05) is 13.8 Å². The SMILES string of the molecule is CCC(C)C(=O)NC1BCC(CC(C)=O)CC1. The van der Waals surface area contributed by atoms with Gasteiger partial charge in [-0.1, -0.05) is 20.2 Å². The van der Waals surface area contributed by atoms with Gasteiger partial charge in [0, 0.05) is 18.3 Å². The Kier molecular flexibility index (Phi) is 5.73. The average molecular weight is 237 g/mol. The first-order valence-electron chi connectivity index (χ1n) is 6.82. The molecule has 0 aromatic heterocycles. The molecule has 96 valence electrons. The number of amides is 1. The summed E-state index contributed by atoms with van der Waals surface area (Å²) in [5, 5.41) is 3.12. The summed E-state index contributed by atoms with van der Waals surface area (Å²) in [5.41, 5.74) is 0. The molecule has 1 rings (SSSR count). The zero-order valence-electron chi connectivity index (χ0n) is 11.3. The van der Waals surface area contributed by atoms with Crippen LogP contribution in [0.4, 0.5) is 0 Å². The van der Waals surface area contributed by atoms with Crippen molar-refractivity contribution in [1.82, 2.24) is 5.32 Å². The van der Waals surface area contributed by atoms with Crippen LogP contribution in [0.25, 0.3) is 0 Å². The summed E-state index contributed by atoms with van der Waals surface area (Å²) >= 11 is 0. The summed E-state index contributed by atoms with van der Waals surface area (Å²) in [6.45, 7) is 5.67. The first kappa shape index (κ1) is 14.3. The van der Waals surface area contributed by atoms with Crippen molar-refractivity contribution in [2.75, 3.05) is 0 Å². The van der Waals surface area contributed by atoms with Crippen LogP contribution in [0.2, 0.25) is 6.32 Å². The molecule has 1 aliphatic rings. The minimum atomic E-state index is 0.116. The number of carbonyl (C=O) groups excluding carboxylic acids is 2. The highest BCUT2D eigenvalue weighted by Crippen LogP contribution is 2.23. The quantitative estimate of drug-likeness (QED) is 0.740. The first-order valence-corrected chi connectivity index (χ1v) is 6.82. The number of hydrogen-bond donors (Lipinski definition) is 1. The largest absolute Gasteiger partial charge is 0.361 e. The van der Waals surface area contributed by atoms with Crippen LogP contribution < -0.4 is 5.32 Å². The Hall–Kier alpha value is -0.795. The molecule has 1 heterocycles. The molecule has 0 aromatic carbocycles. The van der Waals surface area contributed by atoms with E-state index in [0.29, 0.717) is 18.3 Å². The number of hydrogen-bond acceptors (Lipinski definition) is 2. The Labute approximate surface area is 105 Å². The monoisotopic (exact) mass is 237 g/mol. The van der Waals surface area contributed by atoms with Gasteiger partial charge in [0.25, 0.3) is 0 Å². The maximum atomic E-state index is 11.7. The maximum Gasteiger partial charge on any atom is 0.222 e. The van der Waals surface area contributed by atoms with Crippen molar-refractivity contribution in [2.24, 2.45) is 11.8 Å². The normalized spacial score (nSPS) is 25.8. The van der Waals surface area contributed by atoms with Gasteiger partial charge in [0.05, 0.1) is 0 Å². The van der Waals surface area contributed by atoms with E-state index in [2.05, 4.69) is 5.32 Å². The molecule has 1 saturated heterocycles. The zero-order valence-corrected chi connectivity index (χ0v) is 11.3. The predicted octanol–water partition coefficient (Wildman–Crippen LogP) is 1.72. The van der Waals surface area contributed by atoms with Crippen LogP contribution in [0.1, 0.15) is 46.5 Å². The van der Waals surface area contributed by atoms with Gasteiger partial charge < -0.3 is 10.1 Å². The Balaban J connectivity index is 2.27. The minimum Gasteiger partial charge on any atom is -0.361 e. The molecule has 1 aliphatic heterocycles. The summed E-state index contributed by atoms with van der Waals surface area (Å²) in [5.74, 6) is 1.47. The highest BCUT2D eigenvalue weighted by Gasteiger charge is 2.25. The zero-order chi connectivity index (χ0) is 12.8. The van der Waals surface area contributed by atoms with Gasteiger partial charge in [-0.05, 0) is 32.1 Å². The smallest absolute Gasteiger partial charge is 0.222 e. The van der Waals surface area contributed by atoms with E-state index >= 15 is 0 Å². The lowest BCUT2D eigenvalue weighted by molar-refractivity contribution is -0.125. The molecule has 3 atom stereocenters. The minimum absolute atomic E-state index is 0.116. The third-order valence-corrected chi connectivity index (χ3v) is 3.83. The fourth-order valence-electron chi connectivity index (χ4n) is 2.45. The summed E-state index contributed by atoms with van der Waals surface area (Å²) in [4.78, 5) is 22.8. The van der Waals surface area contributed by atoms with Crippen molar-refractivity contribution in [2.45, 2.75) is 58.7 Å². The molecule has 0 spiro atoms. The summed E-state index contributed by atoms with van der Waals surface area (Å²) in [6, 6.07) is 0. The number of carbonyl (C=O) groups is 2. The molecule has 0 aromatic rings. The fraction of sp³-hybridized carbons (Fsp3) is 0.846. The van der Waals surface area contributed by atoms with E-state index in [9.17, 15) is 9.59 Å². The standard InChI is InChI=1S/C13H24BNO2/c1-4-9(2)13(17)15-12-6-5-11(8-14-12)7-10(3)16/h9,11-12,14H,4-8H2,1-3H3,(H,15,17). The summed E-state index contributed by atoms with van der Waals surface area (Å²) in [6.07, 6.45) is 4.79. The topological polar surface area (TPSA) is 46.2 Å². The van der Waals surface area contributed by atoms with Crippen molar-refractivity contribution >= 4 is 19.0 Å². The van der Waals surface area contributed by atoms with E-state index in [4.69, 9.17) is 0 Å². The highest BCUT2D eigenvalue weighted by molar-refractivity contribution is 6.38. The molecule has 1 fully saturated rings. The molecule has 0 radical (unpaired) electrons. The van der Waals surface area contributed by atoms with Crippen LogP contribution in [-0.4, -0.2) is 24.9 Å². The van der Waals surface area contributed by atoms with Crippen LogP contribution in [0.3, 0.4) is 0 Å². The van der Waals surface area contributed by atoms with Crippen LogP contribution >= 0.6 is 0 Å². The maximum absolute atomic E-state index is 11.7. The molecule has 0 aliphatic carbocycles. The summed E-state index contributed by atoms with van der Waals surface area (Å²) in [7, 11) is 1.03. The lowest BCUT2D eigenvalue weighted by Gasteiger charge is -2.28. The van der Waals surface area contributed by atoms with E-state index in [1.165, 1.54) is 0 Å². The second-order valence-corrected chi connectivity index (χ2v) is 5.44. The average Bonchev–Trinajstić information content (AvgIpc) is 2.30. The predicted molar refractivity (Wildman–Crippen MR) is 71.4 cm³/mol. The van der Waals surface area contributed by atoms with E-state index in [-0.39, 0.29) is 17.6 Å². The van der Waals surface area contributed by atoms with Gasteiger partial charge in [0.1, 0.15) is 13.1 Å². The van der Waals surface area contributed by atoms with Crippen molar-refractivity contribution < 1.29 is 9.59 Å². The van der Waals surface area contributed by atoms with E-state index < -0.39 is 0 Å². The van der Waals surface area contributed by atoms with Gasteiger partial charge in [0.2, 0.25) is 5.91 Å². The fourth-order valence-corrected chi connectivity index (χ4v) is 2.45. The summed E-state index contributed by atoms with van der Waals surface area (Å²) < 4.78 is 0. The third kappa shape index (κ3) is 4.92. The Morgan fingerprint density at radius 2 is 2.12 bits per heavy atom. The third-order valence-electron chi connectivity index (χ3n) is 3.83. The molecule has 1 N–H and O–H groups in total. The Morgan fingerprint density at radius 3 is 2.59 bits per heavy atom. The van der Waals surface area contributed by atoms with Crippen molar-refractivity contribution in [3.63, 3.8) is 0 Å². The van der Waals surface area contributed by atoms with Crippen LogP contribution in [0, 0.1) is 11.8 Å². The lowest BCUT2D eigenvalue weighted by Crippen LogP contribution is -2.44. The van der Waals surface area contributed by atoms with E-state index in [1.54, 1.807) is 6.92 Å². The molecule has 1 amide bonds. The molecule has 3 nitrogen and oxygen atoms in total. The van der Waals surface area contributed by atoms with Crippen molar-refractivity contribution in [3.8, 4) is 0 Å². The van der Waals surface area contributed by atoms with Gasteiger partial charge in [-0.15, -0.1) is 0 Å². The number of nitrogens with one attached hydrogen (secondary N) is 1. The Morgan fingerprint density at radius 1 is 1.41 bits per heavy atom. The van der Waals surface area contributed by atoms with Gasteiger partial charge in [-0.2, -0.15) is 0 Å². The first-order chi connectivity index (χ1) is 8.02. The second kappa shape index (κ2) is 6.82. The van der Waals surface area contributed by atoms with Gasteiger partial charge in [-0.3, -0.25) is 4.79 Å². The van der Waals surface area contributed by atoms with Gasteiger partial charge in [-0.25, -0.2) is 0 Å². The van der Waals surface area contributed by atoms with Crippen LogP contribution in [-0.2, 0) is 9.59 Å². The Bertz CT molecular complexity index is 273. The van der Waals surface area contributed by atoms with Crippen LogP contribution in [0.5, 0.6) is 0 Å². The molecular weight excluding hydrogens is 213 g/mol. The van der Waals surface area contributed by atoms with Crippen molar-refractivity contribution in [1.29, 1.82) is 0 Å². The molecule has 0 bridgehead atoms. The number of Topliss-reactive ketones (excluding diaryl/α,β-unsaturated/α-hetero) is 1. The number of ketones is 1. The molecule has 17 heavy (non-hydrogen) atoms. The van der Waals surface area contributed by atoms with Crippen LogP contribution in [0.15, 0.2) is 0 Å². The lowest BCUT2D eigenvalue weighted by atomic mass is 9.56. The van der Waals surface area contributed by atoms with Gasteiger partial charge in [0.15, 0.2) is 0 Å². The second-order valence-electron chi connectivity index (χ2n) is 5.44. The molecule has 4 heteroatoms. The number of rotatable bonds is 5. The highest BCUT2D eigenvalue weighted by atomic mass is 16.2. The van der Waals surface area contributed by atoms with Crippen molar-refractivity contribution in [3.05, 3.63) is 0 Å². The van der Waals surface area contributed by atoms with Gasteiger partial charge >= 0.3 is 0 Å². The molecule has 3 unspecified atom stereocenters.